The van der Waals surface area contributed by atoms with Crippen molar-refractivity contribution in [2.75, 3.05) is 19.5 Å². The highest BCUT2D eigenvalue weighted by Gasteiger charge is 2.24. The zero-order valence-corrected chi connectivity index (χ0v) is 24.9. The molecule has 44 heavy (non-hydrogen) atoms. The van der Waals surface area contributed by atoms with Crippen molar-refractivity contribution in [3.8, 4) is 16.9 Å². The summed E-state index contributed by atoms with van der Waals surface area (Å²) in [5, 5.41) is 18.1. The van der Waals surface area contributed by atoms with Gasteiger partial charge in [-0.3, -0.25) is 9.59 Å². The summed E-state index contributed by atoms with van der Waals surface area (Å²) in [6.07, 6.45) is 8.75. The van der Waals surface area contributed by atoms with Gasteiger partial charge in [-0.25, -0.2) is 9.78 Å². The van der Waals surface area contributed by atoms with E-state index in [1.165, 1.54) is 31.3 Å². The maximum Gasteiger partial charge on any atom is 0.328 e. The second kappa shape index (κ2) is 14.0. The molecule has 1 amide bonds. The van der Waals surface area contributed by atoms with E-state index in [0.29, 0.717) is 59.2 Å². The van der Waals surface area contributed by atoms with Crippen LogP contribution in [0.4, 0.5) is 5.69 Å². The number of carbonyl (C=O) groups is 3. The molecule has 5 rings (SSSR count). The number of hydrogen-bond acceptors (Lipinski definition) is 10. The Labute approximate surface area is 258 Å². The number of esters is 2. The number of amides is 1. The zero-order valence-electron chi connectivity index (χ0n) is 24.1. The van der Waals surface area contributed by atoms with Gasteiger partial charge in [-0.2, -0.15) is 4.68 Å². The van der Waals surface area contributed by atoms with Crippen molar-refractivity contribution in [2.24, 2.45) is 0 Å². The Morgan fingerprint density at radius 3 is 2.73 bits per heavy atom. The Morgan fingerprint density at radius 1 is 1.11 bits per heavy atom. The van der Waals surface area contributed by atoms with E-state index in [0.717, 1.165) is 11.1 Å². The molecule has 13 nitrogen and oxygen atoms in total. The van der Waals surface area contributed by atoms with Crippen molar-refractivity contribution in [3.63, 3.8) is 0 Å². The van der Waals surface area contributed by atoms with Gasteiger partial charge < -0.3 is 25.1 Å². The Morgan fingerprint density at radius 2 is 1.95 bits per heavy atom. The first-order valence-corrected chi connectivity index (χ1v) is 14.3. The monoisotopic (exact) mass is 618 g/mol. The number of benzene rings is 2. The van der Waals surface area contributed by atoms with Gasteiger partial charge in [-0.1, -0.05) is 36.6 Å². The molecule has 2 aromatic heterocycles. The number of halogens is 1. The lowest BCUT2D eigenvalue weighted by Crippen LogP contribution is -2.31. The topological polar surface area (TPSA) is 166 Å². The van der Waals surface area contributed by atoms with Crippen LogP contribution in [0.2, 0.25) is 5.02 Å². The molecule has 0 fully saturated rings. The third-order valence-corrected chi connectivity index (χ3v) is 7.48. The van der Waals surface area contributed by atoms with E-state index in [1.807, 2.05) is 18.2 Å². The maximum atomic E-state index is 13.2. The predicted molar refractivity (Wildman–Crippen MR) is 162 cm³/mol. The van der Waals surface area contributed by atoms with Crippen LogP contribution in [0.3, 0.4) is 0 Å². The summed E-state index contributed by atoms with van der Waals surface area (Å²) in [4.78, 5) is 45.7. The summed E-state index contributed by atoms with van der Waals surface area (Å²) in [7, 11) is 2.69. The van der Waals surface area contributed by atoms with Crippen LogP contribution in [0.15, 0.2) is 55.0 Å². The Kier molecular flexibility index (Phi) is 9.65. The first kappa shape index (κ1) is 30.4. The second-order valence-corrected chi connectivity index (χ2v) is 10.6. The van der Waals surface area contributed by atoms with Gasteiger partial charge in [0.25, 0.3) is 0 Å². The van der Waals surface area contributed by atoms with E-state index >= 15 is 0 Å². The molecular weight excluding hydrogens is 588 g/mol. The number of nitrogens with one attached hydrogen (secondary N) is 3. The number of hydrogen-bond donors (Lipinski definition) is 3. The first-order chi connectivity index (χ1) is 21.3. The van der Waals surface area contributed by atoms with E-state index in [2.05, 4.69) is 36.1 Å². The third-order valence-electron chi connectivity index (χ3n) is 7.24. The van der Waals surface area contributed by atoms with Crippen molar-refractivity contribution in [2.45, 2.75) is 44.2 Å². The van der Waals surface area contributed by atoms with Gasteiger partial charge in [0.1, 0.15) is 18.2 Å². The molecule has 1 aliphatic heterocycles. The summed E-state index contributed by atoms with van der Waals surface area (Å²) in [6.45, 7) is 0. The fourth-order valence-electron chi connectivity index (χ4n) is 5.02. The van der Waals surface area contributed by atoms with E-state index < -0.39 is 18.1 Å². The normalized spacial score (nSPS) is 16.6. The number of aromatic amines is 1. The summed E-state index contributed by atoms with van der Waals surface area (Å²) in [6, 6.07) is 9.65. The molecule has 1 aliphatic rings. The fraction of sp³-hybridized carbons (Fsp3) is 0.300. The Balaban J connectivity index is 1.41. The number of H-pyrrole nitrogens is 1. The standard InChI is InChI=1S/C30H31ClN8O5/c1-43-28(41)14-18-7-10-21-24(13-18)34-23(30(42)44-2)6-4-3-5-22(29-32-16-25(21)36-29)35-27(40)12-8-19-15-20(31)9-11-26(19)39-17-33-37-38-39/h7-13,15-17,22-23,34H,3-6,14H2,1-2H3,(H,32,36)(H,35,40)/b12-8+/t22-,23+/m0/s1. The van der Waals surface area contributed by atoms with E-state index in [9.17, 15) is 14.4 Å². The van der Waals surface area contributed by atoms with Crippen LogP contribution in [0.25, 0.3) is 23.0 Å². The highest BCUT2D eigenvalue weighted by molar-refractivity contribution is 6.30. The molecule has 0 saturated carbocycles. The highest BCUT2D eigenvalue weighted by Crippen LogP contribution is 2.32. The quantitative estimate of drug-likeness (QED) is 0.205. The van der Waals surface area contributed by atoms with E-state index in [1.54, 1.807) is 30.5 Å². The molecule has 3 N–H and O–H groups in total. The van der Waals surface area contributed by atoms with Gasteiger partial charge >= 0.3 is 11.9 Å². The number of nitrogens with zero attached hydrogens (tertiary/aromatic N) is 5. The highest BCUT2D eigenvalue weighted by atomic mass is 35.5. The van der Waals surface area contributed by atoms with E-state index in [-0.39, 0.29) is 18.3 Å². The van der Waals surface area contributed by atoms with Gasteiger partial charge in [0.05, 0.1) is 44.3 Å². The molecule has 0 radical (unpaired) electrons. The minimum absolute atomic E-state index is 0.0800. The van der Waals surface area contributed by atoms with Gasteiger partial charge in [0.15, 0.2) is 0 Å². The number of rotatable bonds is 7. The predicted octanol–water partition coefficient (Wildman–Crippen LogP) is 3.82. The van der Waals surface area contributed by atoms with Gasteiger partial charge in [-0.15, -0.1) is 5.10 Å². The number of carbonyl (C=O) groups excluding carboxylic acids is 3. The fourth-order valence-corrected chi connectivity index (χ4v) is 5.20. The molecule has 2 atom stereocenters. The molecule has 3 heterocycles. The largest absolute Gasteiger partial charge is 0.469 e. The summed E-state index contributed by atoms with van der Waals surface area (Å²) in [5.41, 5.74) is 4.10. The molecule has 0 spiro atoms. The number of tetrazole rings is 1. The maximum absolute atomic E-state index is 13.2. The smallest absolute Gasteiger partial charge is 0.328 e. The lowest BCUT2D eigenvalue weighted by atomic mass is 10.0. The molecule has 14 heteroatoms. The van der Waals surface area contributed by atoms with Gasteiger partial charge in [0, 0.05) is 27.9 Å². The number of fused-ring (bicyclic) bond motifs is 4. The lowest BCUT2D eigenvalue weighted by Gasteiger charge is -2.22. The van der Waals surface area contributed by atoms with Crippen molar-refractivity contribution in [1.29, 1.82) is 0 Å². The molecule has 0 saturated heterocycles. The lowest BCUT2D eigenvalue weighted by molar-refractivity contribution is -0.142. The minimum atomic E-state index is -0.614. The van der Waals surface area contributed by atoms with E-state index in [4.69, 9.17) is 21.1 Å². The van der Waals surface area contributed by atoms with Crippen LogP contribution in [0, 0.1) is 0 Å². The van der Waals surface area contributed by atoms with Crippen LogP contribution in [0.1, 0.15) is 48.7 Å². The summed E-state index contributed by atoms with van der Waals surface area (Å²) >= 11 is 6.21. The number of aromatic nitrogens is 6. The third kappa shape index (κ3) is 7.29. The van der Waals surface area contributed by atoms with Crippen LogP contribution in [-0.4, -0.2) is 68.3 Å². The Bertz CT molecular complexity index is 1670. The number of methoxy groups -OCH3 is 2. The van der Waals surface area contributed by atoms with Crippen LogP contribution in [-0.2, 0) is 30.3 Å². The van der Waals surface area contributed by atoms with Crippen LogP contribution in [0.5, 0.6) is 0 Å². The Hall–Kier alpha value is -5.04. The number of anilines is 1. The molecule has 0 aliphatic carbocycles. The second-order valence-electron chi connectivity index (χ2n) is 10.2. The SMILES string of the molecule is COC(=O)Cc1ccc2c(c1)N[C@@H](C(=O)OC)CCCC[C@H](NC(=O)/C=C/c1cc(Cl)ccc1-n1cnnn1)c1ncc-2[nH]1. The van der Waals surface area contributed by atoms with Crippen LogP contribution >= 0.6 is 11.6 Å². The number of imidazole rings is 1. The molecule has 2 bridgehead atoms. The van der Waals surface area contributed by atoms with Crippen LogP contribution < -0.4 is 10.6 Å². The molecule has 0 unspecified atom stereocenters. The van der Waals surface area contributed by atoms with Gasteiger partial charge in [0.2, 0.25) is 5.91 Å². The number of ether oxygens (including phenoxy) is 2. The van der Waals surface area contributed by atoms with Crippen molar-refractivity contribution < 1.29 is 23.9 Å². The summed E-state index contributed by atoms with van der Waals surface area (Å²) < 4.78 is 11.4. The molecule has 2 aromatic carbocycles. The molecular formula is C30H31ClN8O5. The van der Waals surface area contributed by atoms with Crippen molar-refractivity contribution in [3.05, 3.63) is 77.0 Å². The molecule has 4 aromatic rings. The first-order valence-electron chi connectivity index (χ1n) is 14.0. The minimum Gasteiger partial charge on any atom is -0.469 e. The summed E-state index contributed by atoms with van der Waals surface area (Å²) in [5.74, 6) is -0.506. The zero-order chi connectivity index (χ0) is 31.1. The molecule has 228 valence electrons. The van der Waals surface area contributed by atoms with Crippen molar-refractivity contribution in [1.82, 2.24) is 35.5 Å². The average molecular weight is 619 g/mol. The van der Waals surface area contributed by atoms with Gasteiger partial charge in [-0.05, 0) is 59.2 Å². The van der Waals surface area contributed by atoms with Crippen molar-refractivity contribution >= 4 is 41.2 Å². The average Bonchev–Trinajstić information content (AvgIpc) is 3.73.